The lowest BCUT2D eigenvalue weighted by Gasteiger charge is -2.15. The molecule has 1 aromatic heterocycles. The first-order valence-electron chi connectivity index (χ1n) is 11.0. The van der Waals surface area contributed by atoms with Crippen molar-refractivity contribution in [3.63, 3.8) is 0 Å². The molecule has 0 unspecified atom stereocenters. The summed E-state index contributed by atoms with van der Waals surface area (Å²) >= 11 is 12.9. The molecule has 0 atom stereocenters. The third kappa shape index (κ3) is 9.71. The molecule has 0 aliphatic rings. The first-order valence-corrected chi connectivity index (χ1v) is 16.2. The molecule has 5 N–H and O–H groups in total. The second-order valence-corrected chi connectivity index (χ2v) is 12.5. The second kappa shape index (κ2) is 14.7. The van der Waals surface area contributed by atoms with Gasteiger partial charge in [-0.25, -0.2) is 5.26 Å². The third-order valence-corrected chi connectivity index (χ3v) is 7.60. The number of hydrogen-bond acceptors (Lipinski definition) is 18. The minimum absolute atomic E-state index is 0.0211. The van der Waals surface area contributed by atoms with E-state index in [-0.39, 0.29) is 49.2 Å². The Labute approximate surface area is 270 Å². The van der Waals surface area contributed by atoms with Gasteiger partial charge in [0.15, 0.2) is 11.9 Å². The summed E-state index contributed by atoms with van der Waals surface area (Å²) in [5.41, 5.74) is -0.112. The summed E-state index contributed by atoms with van der Waals surface area (Å²) in [6, 6.07) is 9.41. The molecule has 0 aliphatic heterocycles. The van der Waals surface area contributed by atoms with Gasteiger partial charge in [-0.1, -0.05) is 5.04 Å². The Morgan fingerprint density at radius 3 is 2.27 bits per heavy atom. The molecule has 0 aliphatic carbocycles. The molecule has 0 saturated carbocycles. The summed E-state index contributed by atoms with van der Waals surface area (Å²) in [5.74, 6) is -0.822. The number of phenolic OH excluding ortho intramolecular Hbond substituents is 1. The van der Waals surface area contributed by atoms with Crippen molar-refractivity contribution < 1.29 is 54.9 Å². The minimum atomic E-state index is -4.81. The van der Waals surface area contributed by atoms with Crippen molar-refractivity contribution in [2.24, 2.45) is 10.2 Å². The van der Waals surface area contributed by atoms with Gasteiger partial charge in [0.05, 0.1) is 33.2 Å². The molecule has 0 saturated heterocycles. The summed E-state index contributed by atoms with van der Waals surface area (Å²) < 4.78 is 71.1. The van der Waals surface area contributed by atoms with Crippen LogP contribution in [-0.4, -0.2) is 51.3 Å². The van der Waals surface area contributed by atoms with E-state index in [9.17, 15) is 26.5 Å². The molecule has 1 heterocycles. The number of aromatic nitrogens is 3. The molecular weight excluding hydrogens is 727 g/mol. The van der Waals surface area contributed by atoms with Crippen molar-refractivity contribution in [2.75, 3.05) is 5.32 Å². The standard InChI is InChI=1S/C21H12Cl2N6O12S4/c22-19-25-20(23)27-21(26-19)24-14-9-13(44(32,33)34)7-10-8-15(43-40-39-31)17(18(30)16(10)14)29-28-11-1-3-12(4-2-11)42-6-5-38-41-45(35,36)37/h1-4,7-9,30-31H,(H,32,33,34)(H,35,36,37)(H,24,25,26,27). The van der Waals surface area contributed by atoms with Crippen LogP contribution in [0.3, 0.4) is 0 Å². The number of fused-ring (bicyclic) bond motifs is 1. The summed E-state index contributed by atoms with van der Waals surface area (Å²) in [7, 11) is -9.59. The first kappa shape index (κ1) is 34.3. The SMILES string of the molecule is O=S(=O)(O)OOC#CSc1ccc(N=Nc2c(SOOO)cc3cc(S(=O)(=O)O)cc(Nc4nc(Cl)nc(Cl)n4)c3c2O)cc1. The van der Waals surface area contributed by atoms with E-state index in [1.807, 2.05) is 6.11 Å². The normalized spacial score (nSPS) is 11.8. The van der Waals surface area contributed by atoms with Crippen LogP contribution in [0.2, 0.25) is 10.6 Å². The van der Waals surface area contributed by atoms with Gasteiger partial charge in [-0.2, -0.15) is 36.9 Å². The van der Waals surface area contributed by atoms with Gasteiger partial charge in [0.2, 0.25) is 16.5 Å². The number of rotatable bonds is 11. The predicted octanol–water partition coefficient (Wildman–Crippen LogP) is 5.63. The van der Waals surface area contributed by atoms with Gasteiger partial charge in [0, 0.05) is 15.5 Å². The van der Waals surface area contributed by atoms with Gasteiger partial charge < -0.3 is 10.4 Å². The number of nitrogens with zero attached hydrogens (tertiary/aromatic N) is 5. The lowest BCUT2D eigenvalue weighted by atomic mass is 10.1. The average molecular weight is 740 g/mol. The highest BCUT2D eigenvalue weighted by molar-refractivity contribution is 8.04. The Kier molecular flexibility index (Phi) is 11.2. The van der Waals surface area contributed by atoms with Crippen LogP contribution in [0.5, 0.6) is 5.75 Å². The largest absolute Gasteiger partial charge is 0.505 e. The van der Waals surface area contributed by atoms with Crippen molar-refractivity contribution in [1.29, 1.82) is 0 Å². The quantitative estimate of drug-likeness (QED) is 0.0237. The number of azo groups is 1. The molecule has 4 aromatic rings. The molecule has 0 amide bonds. The predicted molar refractivity (Wildman–Crippen MR) is 157 cm³/mol. The fourth-order valence-electron chi connectivity index (χ4n) is 3.27. The van der Waals surface area contributed by atoms with Crippen molar-refractivity contribution in [1.82, 2.24) is 15.0 Å². The van der Waals surface area contributed by atoms with Crippen molar-refractivity contribution in [3.8, 4) is 17.1 Å². The number of thioether (sulfide) groups is 1. The van der Waals surface area contributed by atoms with Gasteiger partial charge in [-0.05, 0) is 87.1 Å². The lowest BCUT2D eigenvalue weighted by molar-refractivity contribution is -0.432. The number of hydrogen-bond donors (Lipinski definition) is 5. The molecule has 0 bridgehead atoms. The Bertz CT molecular complexity index is 2040. The fourth-order valence-corrected chi connectivity index (χ4v) is 5.25. The van der Waals surface area contributed by atoms with Crippen LogP contribution in [0.15, 0.2) is 67.4 Å². The van der Waals surface area contributed by atoms with Crippen LogP contribution in [0.4, 0.5) is 23.0 Å². The molecule has 236 valence electrons. The Morgan fingerprint density at radius 2 is 1.64 bits per heavy atom. The van der Waals surface area contributed by atoms with Crippen LogP contribution in [0.1, 0.15) is 0 Å². The zero-order chi connectivity index (χ0) is 32.8. The Hall–Kier alpha value is -3.57. The molecule has 0 spiro atoms. The van der Waals surface area contributed by atoms with Gasteiger partial charge in [0.25, 0.3) is 10.1 Å². The Morgan fingerprint density at radius 1 is 0.956 bits per heavy atom. The zero-order valence-corrected chi connectivity index (χ0v) is 26.0. The molecule has 3 aromatic carbocycles. The van der Waals surface area contributed by atoms with Crippen LogP contribution in [0, 0.1) is 11.4 Å². The fraction of sp³-hybridized carbons (Fsp3) is 0. The number of nitrogens with one attached hydrogen (secondary N) is 1. The summed E-state index contributed by atoms with van der Waals surface area (Å²) in [4.78, 5) is 15.2. The molecule has 0 fully saturated rings. The highest BCUT2D eigenvalue weighted by Crippen LogP contribution is 2.47. The highest BCUT2D eigenvalue weighted by atomic mass is 35.5. The maximum Gasteiger partial charge on any atom is 0.433 e. The van der Waals surface area contributed by atoms with E-state index >= 15 is 0 Å². The van der Waals surface area contributed by atoms with Crippen LogP contribution in [-0.2, 0) is 39.1 Å². The molecular formula is C21H12Cl2N6O12S4. The lowest BCUT2D eigenvalue weighted by Crippen LogP contribution is -2.03. The summed E-state index contributed by atoms with van der Waals surface area (Å²) in [6.45, 7) is 0. The number of anilines is 2. The van der Waals surface area contributed by atoms with Crippen molar-refractivity contribution >= 4 is 101 Å². The van der Waals surface area contributed by atoms with E-state index in [2.05, 4.69) is 54.3 Å². The molecule has 24 heteroatoms. The number of phenols is 1. The number of halogens is 2. The van der Waals surface area contributed by atoms with Gasteiger partial charge in [-0.3, -0.25) is 14.0 Å². The molecule has 0 radical (unpaired) electrons. The average Bonchev–Trinajstić information content (AvgIpc) is 2.94. The zero-order valence-electron chi connectivity index (χ0n) is 21.2. The number of aromatic hydroxyl groups is 1. The van der Waals surface area contributed by atoms with Crippen LogP contribution >= 0.6 is 47.0 Å². The van der Waals surface area contributed by atoms with E-state index in [4.69, 9.17) is 33.0 Å². The van der Waals surface area contributed by atoms with E-state index in [0.717, 1.165) is 23.9 Å². The third-order valence-electron chi connectivity index (χ3n) is 4.88. The topological polar surface area (TPSA) is 262 Å². The van der Waals surface area contributed by atoms with Crippen molar-refractivity contribution in [2.45, 2.75) is 14.7 Å². The first-order chi connectivity index (χ1) is 21.2. The van der Waals surface area contributed by atoms with E-state index in [1.54, 1.807) is 12.1 Å². The van der Waals surface area contributed by atoms with E-state index in [1.165, 1.54) is 18.2 Å². The van der Waals surface area contributed by atoms with E-state index < -0.39 is 31.2 Å². The second-order valence-electron chi connectivity index (χ2n) is 7.74. The van der Waals surface area contributed by atoms with Crippen LogP contribution < -0.4 is 5.32 Å². The highest BCUT2D eigenvalue weighted by Gasteiger charge is 2.22. The van der Waals surface area contributed by atoms with E-state index in [0.29, 0.717) is 16.9 Å². The molecule has 18 nitrogen and oxygen atoms in total. The van der Waals surface area contributed by atoms with Gasteiger partial charge in [0.1, 0.15) is 5.69 Å². The van der Waals surface area contributed by atoms with Gasteiger partial charge >= 0.3 is 10.4 Å². The monoisotopic (exact) mass is 738 g/mol. The van der Waals surface area contributed by atoms with Gasteiger partial charge in [-0.15, -0.1) is 9.45 Å². The Balaban J connectivity index is 1.74. The molecule has 45 heavy (non-hydrogen) atoms. The summed E-state index contributed by atoms with van der Waals surface area (Å²) in [5, 5.41) is 36.2. The maximum absolute atomic E-state index is 12.0. The maximum atomic E-state index is 12.0. The number of benzene rings is 3. The van der Waals surface area contributed by atoms with Crippen molar-refractivity contribution in [3.05, 3.63) is 53.0 Å². The van der Waals surface area contributed by atoms with Crippen LogP contribution in [0.25, 0.3) is 10.8 Å². The smallest absolute Gasteiger partial charge is 0.433 e. The molecule has 4 rings (SSSR count). The minimum Gasteiger partial charge on any atom is -0.505 e. The summed E-state index contributed by atoms with van der Waals surface area (Å²) in [6.07, 6.45) is 1.90.